The Kier molecular flexibility index (Phi) is 7.00. The molecule has 2 atom stereocenters. The molecule has 1 aliphatic heterocycles. The Morgan fingerprint density at radius 3 is 2.50 bits per heavy atom. The Morgan fingerprint density at radius 2 is 1.85 bits per heavy atom. The van der Waals surface area contributed by atoms with Crippen molar-refractivity contribution in [1.29, 1.82) is 0 Å². The van der Waals surface area contributed by atoms with Gasteiger partial charge in [0.15, 0.2) is 0 Å². The molecule has 2 fully saturated rings. The van der Waals surface area contributed by atoms with Crippen molar-refractivity contribution >= 4 is 28.8 Å². The second kappa shape index (κ2) is 9.95. The minimum Gasteiger partial charge on any atom is -0.497 e. The topological polar surface area (TPSA) is 104 Å². The van der Waals surface area contributed by atoms with Crippen LogP contribution in [0.15, 0.2) is 24.3 Å². The number of carboxylic acid groups (broad SMARTS) is 1. The number of rotatable bonds is 5. The molecule has 1 aromatic carbocycles. The number of amides is 3. The lowest BCUT2D eigenvalue weighted by Crippen LogP contribution is -2.61. The molecular formula is C25H34N4O5. The van der Waals surface area contributed by atoms with Gasteiger partial charge in [-0.1, -0.05) is 19.3 Å². The molecule has 1 saturated heterocycles. The lowest BCUT2D eigenvalue weighted by molar-refractivity contribution is -0.139. The van der Waals surface area contributed by atoms with Gasteiger partial charge in [-0.05, 0) is 43.9 Å². The summed E-state index contributed by atoms with van der Waals surface area (Å²) in [4.78, 5) is 41.7. The Balaban J connectivity index is 1.47. The predicted molar refractivity (Wildman–Crippen MR) is 128 cm³/mol. The summed E-state index contributed by atoms with van der Waals surface area (Å²) in [5, 5.41) is 12.8. The highest BCUT2D eigenvalue weighted by atomic mass is 16.5. The lowest BCUT2D eigenvalue weighted by Gasteiger charge is -2.42. The monoisotopic (exact) mass is 470 g/mol. The van der Waals surface area contributed by atoms with E-state index in [1.54, 1.807) is 16.9 Å². The van der Waals surface area contributed by atoms with Gasteiger partial charge < -0.3 is 29.5 Å². The molecule has 0 radical (unpaired) electrons. The summed E-state index contributed by atoms with van der Waals surface area (Å²) in [6.45, 7) is 3.11. The third kappa shape index (κ3) is 4.69. The van der Waals surface area contributed by atoms with Crippen molar-refractivity contribution in [2.45, 2.75) is 51.1 Å². The van der Waals surface area contributed by atoms with Crippen molar-refractivity contribution in [3.63, 3.8) is 0 Å². The number of nitrogens with zero attached hydrogens (tertiary/aromatic N) is 3. The first-order valence-corrected chi connectivity index (χ1v) is 12.0. The highest BCUT2D eigenvalue weighted by Crippen LogP contribution is 2.29. The van der Waals surface area contributed by atoms with E-state index in [4.69, 9.17) is 4.74 Å². The number of benzene rings is 1. The zero-order valence-electron chi connectivity index (χ0n) is 20.1. The van der Waals surface area contributed by atoms with E-state index >= 15 is 0 Å². The van der Waals surface area contributed by atoms with Crippen LogP contribution < -0.4 is 10.1 Å². The quantitative estimate of drug-likeness (QED) is 0.699. The third-order valence-corrected chi connectivity index (χ3v) is 7.34. The Bertz CT molecular complexity index is 1070. The van der Waals surface area contributed by atoms with Crippen LogP contribution in [-0.2, 0) is 11.8 Å². The maximum absolute atomic E-state index is 13.4. The van der Waals surface area contributed by atoms with Gasteiger partial charge in [0.1, 0.15) is 17.5 Å². The molecule has 9 heteroatoms. The summed E-state index contributed by atoms with van der Waals surface area (Å²) in [6.07, 6.45) is 3.71. The first-order chi connectivity index (χ1) is 16.3. The predicted octanol–water partition coefficient (Wildman–Crippen LogP) is 3.08. The smallest absolute Gasteiger partial charge is 0.405 e. The minimum atomic E-state index is -1.17. The highest BCUT2D eigenvalue weighted by molar-refractivity contribution is 5.99. The molecule has 2 aromatic rings. The van der Waals surface area contributed by atoms with Gasteiger partial charge >= 0.3 is 6.09 Å². The number of piperazine rings is 1. The second-order valence-corrected chi connectivity index (χ2v) is 9.47. The average Bonchev–Trinajstić information content (AvgIpc) is 3.17. The van der Waals surface area contributed by atoms with Crippen LogP contribution >= 0.6 is 0 Å². The van der Waals surface area contributed by atoms with Crippen molar-refractivity contribution in [3.05, 3.63) is 30.0 Å². The molecule has 2 aliphatic rings. The maximum Gasteiger partial charge on any atom is 0.405 e. The number of carbonyl (C=O) groups is 3. The van der Waals surface area contributed by atoms with Crippen LogP contribution in [0.3, 0.4) is 0 Å². The molecule has 0 spiro atoms. The van der Waals surface area contributed by atoms with Gasteiger partial charge in [0, 0.05) is 44.2 Å². The summed E-state index contributed by atoms with van der Waals surface area (Å²) in [6, 6.07) is 6.67. The zero-order chi connectivity index (χ0) is 24.4. The number of carbonyl (C=O) groups excluding carboxylic acids is 2. The maximum atomic E-state index is 13.4. The van der Waals surface area contributed by atoms with Crippen LogP contribution in [0.25, 0.3) is 10.9 Å². The van der Waals surface area contributed by atoms with Crippen LogP contribution in [0.5, 0.6) is 5.75 Å². The van der Waals surface area contributed by atoms with E-state index in [1.807, 2.05) is 42.8 Å². The van der Waals surface area contributed by atoms with Crippen molar-refractivity contribution < 1.29 is 24.2 Å². The van der Waals surface area contributed by atoms with Crippen molar-refractivity contribution in [2.24, 2.45) is 13.0 Å². The molecule has 0 unspecified atom stereocenters. The molecule has 2 N–H and O–H groups in total. The lowest BCUT2D eigenvalue weighted by atomic mass is 9.83. The van der Waals surface area contributed by atoms with Crippen LogP contribution in [-0.4, -0.2) is 76.2 Å². The van der Waals surface area contributed by atoms with E-state index in [2.05, 4.69) is 5.32 Å². The SMILES string of the molecule is COc1ccc2cc(C(=O)N3CCN(C(=O)[C@@H](NC(=O)O)C4CCCCC4)[C@@H](C)C3)n(C)c2c1. The van der Waals surface area contributed by atoms with E-state index in [1.165, 1.54) is 0 Å². The van der Waals surface area contributed by atoms with Crippen LogP contribution in [0, 0.1) is 5.92 Å². The number of aryl methyl sites for hydroxylation is 1. The normalized spacial score (nSPS) is 20.3. The summed E-state index contributed by atoms with van der Waals surface area (Å²) in [7, 11) is 3.48. The second-order valence-electron chi connectivity index (χ2n) is 9.47. The average molecular weight is 471 g/mol. The molecule has 0 bridgehead atoms. The number of hydrogen-bond donors (Lipinski definition) is 2. The number of nitrogens with one attached hydrogen (secondary N) is 1. The van der Waals surface area contributed by atoms with Crippen LogP contribution in [0.2, 0.25) is 0 Å². The van der Waals surface area contributed by atoms with Gasteiger partial charge in [0.05, 0.1) is 12.6 Å². The van der Waals surface area contributed by atoms with Gasteiger partial charge in [-0.3, -0.25) is 9.59 Å². The van der Waals surface area contributed by atoms with E-state index in [9.17, 15) is 19.5 Å². The van der Waals surface area contributed by atoms with E-state index in [0.717, 1.165) is 48.8 Å². The van der Waals surface area contributed by atoms with Crippen LogP contribution in [0.4, 0.5) is 4.79 Å². The molecule has 34 heavy (non-hydrogen) atoms. The summed E-state index contributed by atoms with van der Waals surface area (Å²) in [5.41, 5.74) is 1.50. The molecule has 4 rings (SSSR count). The standard InChI is InChI=1S/C25H34N4O5/c1-16-15-28(23(30)21-13-18-9-10-19(34-3)14-20(18)27(21)2)11-12-29(16)24(31)22(26-25(32)33)17-7-5-4-6-8-17/h9-10,13-14,16-17,22,26H,4-8,11-12,15H2,1-3H3,(H,32,33)/t16-,22-/m0/s1. The fourth-order valence-corrected chi connectivity index (χ4v) is 5.43. The number of methoxy groups -OCH3 is 1. The molecule has 3 amide bonds. The van der Waals surface area contributed by atoms with Crippen molar-refractivity contribution in [1.82, 2.24) is 19.7 Å². The molecule has 1 aromatic heterocycles. The summed E-state index contributed by atoms with van der Waals surface area (Å²) < 4.78 is 7.18. The number of fused-ring (bicyclic) bond motifs is 1. The summed E-state index contributed by atoms with van der Waals surface area (Å²) in [5.74, 6) is 0.502. The van der Waals surface area contributed by atoms with E-state index in [0.29, 0.717) is 25.3 Å². The largest absolute Gasteiger partial charge is 0.497 e. The Morgan fingerprint density at radius 1 is 1.12 bits per heavy atom. The molecule has 2 heterocycles. The summed E-state index contributed by atoms with van der Waals surface area (Å²) >= 11 is 0. The first-order valence-electron chi connectivity index (χ1n) is 12.0. The number of aromatic nitrogens is 1. The number of hydrogen-bond acceptors (Lipinski definition) is 4. The zero-order valence-corrected chi connectivity index (χ0v) is 20.1. The van der Waals surface area contributed by atoms with Gasteiger partial charge in [-0.25, -0.2) is 4.79 Å². The third-order valence-electron chi connectivity index (χ3n) is 7.34. The van der Waals surface area contributed by atoms with Gasteiger partial charge in [0.2, 0.25) is 5.91 Å². The fourth-order valence-electron chi connectivity index (χ4n) is 5.43. The van der Waals surface area contributed by atoms with Crippen molar-refractivity contribution in [2.75, 3.05) is 26.7 Å². The molecule has 184 valence electrons. The van der Waals surface area contributed by atoms with Crippen LogP contribution in [0.1, 0.15) is 49.5 Å². The number of ether oxygens (including phenoxy) is 1. The van der Waals surface area contributed by atoms with Gasteiger partial charge in [0.25, 0.3) is 5.91 Å². The van der Waals surface area contributed by atoms with E-state index in [-0.39, 0.29) is 23.8 Å². The fraction of sp³-hybridized carbons (Fsp3) is 0.560. The highest BCUT2D eigenvalue weighted by Gasteiger charge is 2.38. The van der Waals surface area contributed by atoms with Gasteiger partial charge in [-0.15, -0.1) is 0 Å². The van der Waals surface area contributed by atoms with E-state index < -0.39 is 12.1 Å². The molecule has 9 nitrogen and oxygen atoms in total. The Labute approximate surface area is 199 Å². The van der Waals surface area contributed by atoms with Crippen molar-refractivity contribution in [3.8, 4) is 5.75 Å². The van der Waals surface area contributed by atoms with Gasteiger partial charge in [-0.2, -0.15) is 0 Å². The molecule has 1 aliphatic carbocycles. The first kappa shape index (κ1) is 23.9. The Hall–Kier alpha value is -3.23. The molecule has 1 saturated carbocycles. The minimum absolute atomic E-state index is 0.0250. The molecular weight excluding hydrogens is 436 g/mol.